The molecule has 0 bridgehead atoms. The monoisotopic (exact) mass is 387 g/mol. The molecule has 0 aromatic heterocycles. The second-order valence-corrected chi connectivity index (χ2v) is 10.6. The van der Waals surface area contributed by atoms with Gasteiger partial charge in [0.15, 0.2) is 25.6 Å². The Balaban J connectivity index is 1.72. The largest absolute Gasteiger partial charge is 0.356 e. The van der Waals surface area contributed by atoms with Gasteiger partial charge in [0.2, 0.25) is 0 Å². The van der Waals surface area contributed by atoms with Gasteiger partial charge >= 0.3 is 0 Å². The highest BCUT2D eigenvalue weighted by Crippen LogP contribution is 2.11. The summed E-state index contributed by atoms with van der Waals surface area (Å²) in [6.07, 6.45) is 1.02. The molecular formula is C16H25N3O4S2. The standard InChI is InChI=1S/C16H25N3O4S2/c1-17-16(19-15-8-11-25(22,23)13-15)18-9-5-10-24(20,21)12-14-6-3-2-4-7-14/h2-4,6-7,15H,5,8-13H2,1H3,(H2,17,18,19). The molecule has 1 aliphatic heterocycles. The molecule has 1 saturated heterocycles. The summed E-state index contributed by atoms with van der Waals surface area (Å²) in [5.41, 5.74) is 0.787. The van der Waals surface area contributed by atoms with Gasteiger partial charge in [0.1, 0.15) is 0 Å². The molecule has 1 fully saturated rings. The van der Waals surface area contributed by atoms with Crippen LogP contribution in [-0.2, 0) is 25.4 Å². The number of sulfone groups is 2. The zero-order chi connectivity index (χ0) is 18.3. The average Bonchev–Trinajstić information content (AvgIpc) is 2.89. The molecule has 0 aliphatic carbocycles. The Labute approximate surface area is 149 Å². The van der Waals surface area contributed by atoms with Gasteiger partial charge in [-0.15, -0.1) is 0 Å². The van der Waals surface area contributed by atoms with E-state index < -0.39 is 19.7 Å². The Morgan fingerprint density at radius 2 is 2.00 bits per heavy atom. The van der Waals surface area contributed by atoms with E-state index in [9.17, 15) is 16.8 Å². The van der Waals surface area contributed by atoms with Crippen LogP contribution >= 0.6 is 0 Å². The van der Waals surface area contributed by atoms with Crippen molar-refractivity contribution in [3.8, 4) is 0 Å². The first-order valence-electron chi connectivity index (χ1n) is 8.22. The van der Waals surface area contributed by atoms with Crippen LogP contribution in [0.15, 0.2) is 35.3 Å². The number of benzene rings is 1. The minimum atomic E-state index is -3.16. The zero-order valence-corrected chi connectivity index (χ0v) is 15.9. The summed E-state index contributed by atoms with van der Waals surface area (Å²) in [4.78, 5) is 4.05. The van der Waals surface area contributed by atoms with E-state index in [2.05, 4.69) is 15.6 Å². The Hall–Kier alpha value is -1.61. The molecule has 0 spiro atoms. The lowest BCUT2D eigenvalue weighted by Crippen LogP contribution is -2.44. The van der Waals surface area contributed by atoms with Crippen molar-refractivity contribution < 1.29 is 16.8 Å². The fraction of sp³-hybridized carbons (Fsp3) is 0.562. The summed E-state index contributed by atoms with van der Waals surface area (Å²) >= 11 is 0. The summed E-state index contributed by atoms with van der Waals surface area (Å²) in [6, 6.07) is 8.97. The highest BCUT2D eigenvalue weighted by molar-refractivity contribution is 7.91. The molecule has 9 heteroatoms. The smallest absolute Gasteiger partial charge is 0.191 e. The maximum absolute atomic E-state index is 12.1. The minimum absolute atomic E-state index is 0.0424. The molecule has 1 aromatic rings. The molecule has 0 saturated carbocycles. The molecule has 1 aliphatic rings. The van der Waals surface area contributed by atoms with Gasteiger partial charge in [-0.05, 0) is 18.4 Å². The lowest BCUT2D eigenvalue weighted by atomic mass is 10.2. The van der Waals surface area contributed by atoms with Crippen molar-refractivity contribution in [3.05, 3.63) is 35.9 Å². The molecule has 0 amide bonds. The van der Waals surface area contributed by atoms with E-state index in [1.165, 1.54) is 0 Å². The van der Waals surface area contributed by atoms with E-state index >= 15 is 0 Å². The van der Waals surface area contributed by atoms with Crippen molar-refractivity contribution >= 4 is 25.6 Å². The number of nitrogens with zero attached hydrogens (tertiary/aromatic N) is 1. The number of guanidine groups is 1. The third kappa shape index (κ3) is 7.03. The molecule has 1 atom stereocenters. The lowest BCUT2D eigenvalue weighted by Gasteiger charge is -2.16. The first-order valence-corrected chi connectivity index (χ1v) is 11.9. The third-order valence-electron chi connectivity index (χ3n) is 3.95. The number of hydrogen-bond acceptors (Lipinski definition) is 5. The summed E-state index contributed by atoms with van der Waals surface area (Å²) in [5, 5.41) is 6.11. The van der Waals surface area contributed by atoms with Crippen LogP contribution in [0.1, 0.15) is 18.4 Å². The molecule has 7 nitrogen and oxygen atoms in total. The lowest BCUT2D eigenvalue weighted by molar-refractivity contribution is 0.590. The Morgan fingerprint density at radius 3 is 2.60 bits per heavy atom. The first kappa shape index (κ1) is 19.7. The average molecular weight is 388 g/mol. The Morgan fingerprint density at radius 1 is 1.28 bits per heavy atom. The Bertz CT molecular complexity index is 790. The van der Waals surface area contributed by atoms with E-state index in [-0.39, 0.29) is 29.1 Å². The maximum atomic E-state index is 12.1. The number of rotatable bonds is 7. The van der Waals surface area contributed by atoms with Crippen molar-refractivity contribution in [2.24, 2.45) is 4.99 Å². The molecule has 0 radical (unpaired) electrons. The van der Waals surface area contributed by atoms with Crippen LogP contribution in [-0.4, -0.2) is 59.7 Å². The fourth-order valence-corrected chi connectivity index (χ4v) is 5.80. The predicted octanol–water partition coefficient (Wildman–Crippen LogP) is 0.344. The second kappa shape index (κ2) is 8.66. The highest BCUT2D eigenvalue weighted by atomic mass is 32.2. The molecule has 25 heavy (non-hydrogen) atoms. The number of nitrogens with one attached hydrogen (secondary N) is 2. The van der Waals surface area contributed by atoms with Crippen LogP contribution < -0.4 is 10.6 Å². The van der Waals surface area contributed by atoms with Crippen molar-refractivity contribution in [2.45, 2.75) is 24.6 Å². The van der Waals surface area contributed by atoms with Gasteiger partial charge in [0, 0.05) is 19.6 Å². The van der Waals surface area contributed by atoms with Crippen molar-refractivity contribution in [3.63, 3.8) is 0 Å². The van der Waals surface area contributed by atoms with Crippen molar-refractivity contribution in [1.82, 2.24) is 10.6 Å². The van der Waals surface area contributed by atoms with Gasteiger partial charge < -0.3 is 10.6 Å². The first-order chi connectivity index (χ1) is 11.8. The van der Waals surface area contributed by atoms with E-state index in [0.717, 1.165) is 5.56 Å². The normalized spacial score (nSPS) is 20.4. The van der Waals surface area contributed by atoms with Gasteiger partial charge in [-0.1, -0.05) is 30.3 Å². The molecule has 2 rings (SSSR count). The van der Waals surface area contributed by atoms with Crippen LogP contribution in [0.4, 0.5) is 0 Å². The van der Waals surface area contributed by atoms with Crippen LogP contribution in [0.5, 0.6) is 0 Å². The molecule has 1 unspecified atom stereocenters. The van der Waals surface area contributed by atoms with Gasteiger partial charge in [0.25, 0.3) is 0 Å². The fourth-order valence-electron chi connectivity index (χ4n) is 2.70. The van der Waals surface area contributed by atoms with E-state index in [1.807, 2.05) is 18.2 Å². The number of hydrogen-bond donors (Lipinski definition) is 2. The summed E-state index contributed by atoms with van der Waals surface area (Å²) in [6.45, 7) is 0.452. The van der Waals surface area contributed by atoms with Crippen molar-refractivity contribution in [1.29, 1.82) is 0 Å². The molecular weight excluding hydrogens is 362 g/mol. The molecule has 1 aromatic carbocycles. The third-order valence-corrected chi connectivity index (χ3v) is 7.40. The summed E-state index contributed by atoms with van der Waals surface area (Å²) in [7, 11) is -4.50. The van der Waals surface area contributed by atoms with E-state index in [0.29, 0.717) is 25.3 Å². The minimum Gasteiger partial charge on any atom is -0.356 e. The van der Waals surface area contributed by atoms with Gasteiger partial charge in [-0.25, -0.2) is 16.8 Å². The second-order valence-electron chi connectivity index (χ2n) is 6.17. The van der Waals surface area contributed by atoms with Crippen molar-refractivity contribution in [2.75, 3.05) is 30.9 Å². The molecule has 2 N–H and O–H groups in total. The molecule has 140 valence electrons. The highest BCUT2D eigenvalue weighted by Gasteiger charge is 2.28. The van der Waals surface area contributed by atoms with Crippen LogP contribution in [0.2, 0.25) is 0 Å². The topological polar surface area (TPSA) is 105 Å². The van der Waals surface area contributed by atoms with Crippen LogP contribution in [0, 0.1) is 0 Å². The summed E-state index contributed by atoms with van der Waals surface area (Å²) < 4.78 is 47.2. The van der Waals surface area contributed by atoms with Gasteiger partial charge in [-0.3, -0.25) is 4.99 Å². The zero-order valence-electron chi connectivity index (χ0n) is 14.3. The Kier molecular flexibility index (Phi) is 6.83. The predicted molar refractivity (Wildman–Crippen MR) is 100 cm³/mol. The number of aliphatic imine (C=N–C) groups is 1. The van der Waals surface area contributed by atoms with Crippen LogP contribution in [0.3, 0.4) is 0 Å². The van der Waals surface area contributed by atoms with E-state index in [4.69, 9.17) is 0 Å². The quantitative estimate of drug-likeness (QED) is 0.397. The SMILES string of the molecule is CN=C(NCCCS(=O)(=O)Cc1ccccc1)NC1CCS(=O)(=O)C1. The van der Waals surface area contributed by atoms with Crippen LogP contribution in [0.25, 0.3) is 0 Å². The molecule has 1 heterocycles. The van der Waals surface area contributed by atoms with Gasteiger partial charge in [-0.2, -0.15) is 0 Å². The van der Waals surface area contributed by atoms with E-state index in [1.54, 1.807) is 19.2 Å². The van der Waals surface area contributed by atoms with Gasteiger partial charge in [0.05, 0.1) is 23.0 Å². The summed E-state index contributed by atoms with van der Waals surface area (Å²) in [5.74, 6) is 0.936. The maximum Gasteiger partial charge on any atom is 0.191 e.